The molecule has 0 aliphatic rings. The van der Waals surface area contributed by atoms with Gasteiger partial charge in [-0.3, -0.25) is 4.57 Å². The topological polar surface area (TPSA) is 3.24 Å². The first-order valence-electron chi connectivity index (χ1n) is 3.93. The Hall–Kier alpha value is 1.62. The van der Waals surface area contributed by atoms with E-state index in [0.717, 1.165) is 0 Å². The van der Waals surface area contributed by atoms with Crippen molar-refractivity contribution in [3.63, 3.8) is 0 Å². The second-order valence-electron chi connectivity index (χ2n) is 4.10. The number of hydrogen-bond acceptors (Lipinski definition) is 1. The van der Waals surface area contributed by atoms with Gasteiger partial charge in [-0.1, -0.05) is 59.7 Å². The standard InChI is InChI=1S/C7H16Br3NSi/c1-6(2)11(7(3,4)5)12(8,9)10/h6H,1-5H3. The molecule has 0 N–H and O–H groups in total. The molecule has 0 aromatic carbocycles. The fourth-order valence-corrected chi connectivity index (χ4v) is 11.3. The molecule has 0 radical (unpaired) electrons. The average Bonchev–Trinajstić information content (AvgIpc) is 1.49. The van der Waals surface area contributed by atoms with E-state index in [1.165, 1.54) is 0 Å². The van der Waals surface area contributed by atoms with E-state index in [-0.39, 0.29) is 5.54 Å². The quantitative estimate of drug-likeness (QED) is 0.513. The van der Waals surface area contributed by atoms with E-state index in [1.807, 2.05) is 0 Å². The van der Waals surface area contributed by atoms with E-state index in [1.54, 1.807) is 0 Å². The Kier molecular flexibility index (Phi) is 5.02. The Bertz CT molecular complexity index is 134. The largest absolute Gasteiger partial charge is 0.345 e. The van der Waals surface area contributed by atoms with E-state index >= 15 is 0 Å². The summed E-state index contributed by atoms with van der Waals surface area (Å²) >= 11 is 11.0. The molecule has 0 atom stereocenters. The second kappa shape index (κ2) is 4.42. The third-order valence-corrected chi connectivity index (χ3v) is 6.68. The van der Waals surface area contributed by atoms with Gasteiger partial charge in [0.15, 0.2) is 0 Å². The molecule has 0 aromatic rings. The highest BCUT2D eigenvalue weighted by Gasteiger charge is 2.40. The molecule has 0 rings (SSSR count). The third kappa shape index (κ3) is 4.22. The smallest absolute Gasteiger partial charge is 0.291 e. The molecule has 0 heterocycles. The van der Waals surface area contributed by atoms with Crippen molar-refractivity contribution in [2.24, 2.45) is 0 Å². The Morgan fingerprint density at radius 2 is 1.42 bits per heavy atom. The fourth-order valence-electron chi connectivity index (χ4n) is 1.45. The Morgan fingerprint density at radius 3 is 1.42 bits per heavy atom. The van der Waals surface area contributed by atoms with Crippen molar-refractivity contribution in [2.45, 2.75) is 46.2 Å². The summed E-state index contributed by atoms with van der Waals surface area (Å²) in [6.45, 7) is 11.1. The number of rotatable bonds is 2. The zero-order valence-corrected chi connectivity index (χ0v) is 13.9. The predicted octanol–water partition coefficient (Wildman–Crippen LogP) is 4.12. The zero-order chi connectivity index (χ0) is 10.2. The van der Waals surface area contributed by atoms with Gasteiger partial charge >= 0.3 is 4.09 Å². The first-order valence-corrected chi connectivity index (χ1v) is 12.6. The van der Waals surface area contributed by atoms with Crippen LogP contribution >= 0.6 is 45.9 Å². The highest BCUT2D eigenvalue weighted by Crippen LogP contribution is 2.38. The Morgan fingerprint density at radius 1 is 1.08 bits per heavy atom. The monoisotopic (exact) mass is 379 g/mol. The number of halogens is 3. The molecule has 0 saturated carbocycles. The van der Waals surface area contributed by atoms with Crippen LogP contribution in [0, 0.1) is 0 Å². The van der Waals surface area contributed by atoms with Crippen molar-refractivity contribution >= 4 is 50.0 Å². The lowest BCUT2D eigenvalue weighted by Gasteiger charge is -2.43. The van der Waals surface area contributed by atoms with E-state index in [9.17, 15) is 0 Å². The van der Waals surface area contributed by atoms with Crippen LogP contribution < -0.4 is 0 Å². The second-order valence-corrected chi connectivity index (χ2v) is 25.4. The Balaban J connectivity index is 4.70. The van der Waals surface area contributed by atoms with Gasteiger partial charge in [0.05, 0.1) is 0 Å². The summed E-state index contributed by atoms with van der Waals surface area (Å²) in [6, 6.07) is 0.523. The van der Waals surface area contributed by atoms with Gasteiger partial charge in [-0.05, 0) is 20.8 Å². The van der Waals surface area contributed by atoms with Gasteiger partial charge in [0, 0.05) is 11.6 Å². The van der Waals surface area contributed by atoms with Gasteiger partial charge in [-0.25, -0.2) is 0 Å². The first kappa shape index (κ1) is 13.6. The summed E-state index contributed by atoms with van der Waals surface area (Å²) in [4.78, 5) is 0. The van der Waals surface area contributed by atoms with E-state index in [2.05, 4.69) is 85.1 Å². The van der Waals surface area contributed by atoms with Crippen molar-refractivity contribution in [1.29, 1.82) is 0 Å². The predicted molar refractivity (Wildman–Crippen MR) is 69.3 cm³/mol. The van der Waals surface area contributed by atoms with Crippen LogP contribution in [0.5, 0.6) is 0 Å². The molecular weight excluding hydrogens is 366 g/mol. The van der Waals surface area contributed by atoms with Gasteiger partial charge in [0.2, 0.25) is 0 Å². The first-order chi connectivity index (χ1) is 5.07. The molecular formula is C7H16Br3NSi. The molecule has 0 spiro atoms. The zero-order valence-electron chi connectivity index (χ0n) is 8.16. The molecule has 0 aliphatic heterocycles. The van der Waals surface area contributed by atoms with Crippen LogP contribution in [-0.2, 0) is 0 Å². The van der Waals surface area contributed by atoms with Crippen LogP contribution in [0.2, 0.25) is 0 Å². The van der Waals surface area contributed by atoms with E-state index < -0.39 is 4.09 Å². The molecule has 0 saturated heterocycles. The van der Waals surface area contributed by atoms with Gasteiger partial charge in [0.1, 0.15) is 0 Å². The summed E-state index contributed by atoms with van der Waals surface area (Å²) in [7, 11) is 0. The van der Waals surface area contributed by atoms with Crippen molar-refractivity contribution in [2.75, 3.05) is 0 Å². The molecule has 0 fully saturated rings. The summed E-state index contributed by atoms with van der Waals surface area (Å²) in [6.07, 6.45) is 0. The number of hydrogen-bond donors (Lipinski definition) is 0. The van der Waals surface area contributed by atoms with Crippen LogP contribution in [0.15, 0.2) is 0 Å². The third-order valence-electron chi connectivity index (χ3n) is 1.51. The Labute approximate surface area is 100 Å². The minimum atomic E-state index is -1.71. The van der Waals surface area contributed by atoms with Crippen LogP contribution in [-0.4, -0.2) is 20.2 Å². The summed E-state index contributed by atoms with van der Waals surface area (Å²) in [5.41, 5.74) is 0.177. The van der Waals surface area contributed by atoms with Gasteiger partial charge in [-0.2, -0.15) is 0 Å². The highest BCUT2D eigenvalue weighted by atomic mass is 80.0. The van der Waals surface area contributed by atoms with Gasteiger partial charge < -0.3 is 0 Å². The molecule has 0 bridgehead atoms. The lowest BCUT2D eigenvalue weighted by Crippen LogP contribution is -2.54. The maximum atomic E-state index is 3.68. The maximum absolute atomic E-state index is 3.68. The lowest BCUT2D eigenvalue weighted by molar-refractivity contribution is 0.214. The maximum Gasteiger partial charge on any atom is 0.345 e. The molecule has 1 nitrogen and oxygen atoms in total. The van der Waals surface area contributed by atoms with Crippen LogP contribution in [0.25, 0.3) is 0 Å². The molecule has 0 aromatic heterocycles. The summed E-state index contributed by atoms with van der Waals surface area (Å²) in [5.74, 6) is 0. The summed E-state index contributed by atoms with van der Waals surface area (Å²) < 4.78 is 0.716. The van der Waals surface area contributed by atoms with Gasteiger partial charge in [-0.15, -0.1) is 0 Å². The van der Waals surface area contributed by atoms with E-state index in [4.69, 9.17) is 0 Å². The highest BCUT2D eigenvalue weighted by molar-refractivity contribution is 9.71. The fraction of sp³-hybridized carbons (Fsp3) is 1.00. The van der Waals surface area contributed by atoms with Crippen LogP contribution in [0.1, 0.15) is 34.6 Å². The van der Waals surface area contributed by atoms with Crippen molar-refractivity contribution in [3.05, 3.63) is 0 Å². The van der Waals surface area contributed by atoms with E-state index in [0.29, 0.717) is 6.04 Å². The average molecular weight is 382 g/mol. The minimum absolute atomic E-state index is 0.177. The molecule has 0 amide bonds. The molecule has 5 heteroatoms. The normalized spacial score (nSPS) is 14.5. The van der Waals surface area contributed by atoms with Crippen molar-refractivity contribution < 1.29 is 0 Å². The minimum Gasteiger partial charge on any atom is -0.291 e. The van der Waals surface area contributed by atoms with Crippen molar-refractivity contribution in [3.8, 4) is 0 Å². The van der Waals surface area contributed by atoms with Crippen molar-refractivity contribution in [1.82, 2.24) is 4.57 Å². The summed E-state index contributed by atoms with van der Waals surface area (Å²) in [5, 5.41) is 0. The molecule has 12 heavy (non-hydrogen) atoms. The lowest BCUT2D eigenvalue weighted by atomic mass is 10.1. The molecule has 0 unspecified atom stereocenters. The van der Waals surface area contributed by atoms with Crippen LogP contribution in [0.3, 0.4) is 0 Å². The molecule has 0 aliphatic carbocycles. The van der Waals surface area contributed by atoms with Gasteiger partial charge in [0.25, 0.3) is 0 Å². The SMILES string of the molecule is CC(C)N(C(C)(C)C)[Si](Br)(Br)Br. The molecule has 74 valence electrons. The number of nitrogens with zero attached hydrogens (tertiary/aromatic N) is 1. The van der Waals surface area contributed by atoms with Crippen LogP contribution in [0.4, 0.5) is 0 Å².